The third-order valence-electron chi connectivity index (χ3n) is 2.96. The Morgan fingerprint density at radius 1 is 1.41 bits per heavy atom. The zero-order chi connectivity index (χ0) is 12.8. The van der Waals surface area contributed by atoms with Gasteiger partial charge < -0.3 is 15.4 Å². The van der Waals surface area contributed by atoms with E-state index in [4.69, 9.17) is 22.7 Å². The highest BCUT2D eigenvalue weighted by Crippen LogP contribution is 2.10. The molecule has 0 saturated carbocycles. The fourth-order valence-corrected chi connectivity index (χ4v) is 2.22. The van der Waals surface area contributed by atoms with Crippen LogP contribution in [0.4, 0.5) is 4.79 Å². The first-order chi connectivity index (χ1) is 8.04. The number of piperazine rings is 1. The van der Waals surface area contributed by atoms with Gasteiger partial charge in [-0.05, 0) is 13.8 Å². The second-order valence-electron chi connectivity index (χ2n) is 4.24. The molecule has 1 fully saturated rings. The molecule has 5 nitrogen and oxygen atoms in total. The first-order valence-electron chi connectivity index (χ1n) is 5.98. The molecule has 1 unspecified atom stereocenters. The number of carbonyl (C=O) groups excluding carboxylic acids is 1. The van der Waals surface area contributed by atoms with Crippen LogP contribution >= 0.6 is 12.2 Å². The lowest BCUT2D eigenvalue weighted by atomic mass is 10.2. The monoisotopic (exact) mass is 259 g/mol. The van der Waals surface area contributed by atoms with Gasteiger partial charge in [-0.1, -0.05) is 12.2 Å². The molecule has 1 rings (SSSR count). The molecular weight excluding hydrogens is 238 g/mol. The lowest BCUT2D eigenvalue weighted by Gasteiger charge is -2.37. The first-order valence-corrected chi connectivity index (χ1v) is 6.39. The van der Waals surface area contributed by atoms with Crippen LogP contribution in [0.25, 0.3) is 0 Å². The summed E-state index contributed by atoms with van der Waals surface area (Å²) in [6.45, 7) is 7.47. The van der Waals surface area contributed by atoms with Crippen LogP contribution in [0.1, 0.15) is 20.3 Å². The summed E-state index contributed by atoms with van der Waals surface area (Å²) in [7, 11) is 0. The molecule has 2 N–H and O–H groups in total. The molecule has 1 aliphatic heterocycles. The summed E-state index contributed by atoms with van der Waals surface area (Å²) in [5.74, 6) is 0. The van der Waals surface area contributed by atoms with Gasteiger partial charge in [0.05, 0.1) is 11.6 Å². The molecule has 1 amide bonds. The highest BCUT2D eigenvalue weighted by atomic mass is 32.1. The molecule has 1 atom stereocenters. The summed E-state index contributed by atoms with van der Waals surface area (Å²) in [4.78, 5) is 16.1. The van der Waals surface area contributed by atoms with E-state index in [9.17, 15) is 4.79 Å². The number of hydrogen-bond acceptors (Lipinski definition) is 4. The van der Waals surface area contributed by atoms with Gasteiger partial charge in [0, 0.05) is 38.6 Å². The van der Waals surface area contributed by atoms with Crippen molar-refractivity contribution in [1.82, 2.24) is 9.80 Å². The molecular formula is C11H21N3O2S. The lowest BCUT2D eigenvalue weighted by molar-refractivity contribution is 0.0697. The number of nitrogens with two attached hydrogens (primary N) is 1. The van der Waals surface area contributed by atoms with Crippen molar-refractivity contribution in [2.75, 3.05) is 32.8 Å². The number of rotatable bonds is 4. The second kappa shape index (κ2) is 6.76. The van der Waals surface area contributed by atoms with Gasteiger partial charge >= 0.3 is 6.09 Å². The van der Waals surface area contributed by atoms with Gasteiger partial charge in [-0.3, -0.25) is 4.90 Å². The molecule has 0 aliphatic carbocycles. The van der Waals surface area contributed by atoms with E-state index in [2.05, 4.69) is 11.8 Å². The van der Waals surface area contributed by atoms with Gasteiger partial charge in [0.15, 0.2) is 0 Å². The van der Waals surface area contributed by atoms with Crippen LogP contribution < -0.4 is 5.73 Å². The van der Waals surface area contributed by atoms with Gasteiger partial charge in [0.2, 0.25) is 0 Å². The number of hydrogen-bond donors (Lipinski definition) is 1. The number of nitrogens with zero attached hydrogens (tertiary/aromatic N) is 2. The average Bonchev–Trinajstić information content (AvgIpc) is 2.28. The molecule has 0 radical (unpaired) electrons. The highest BCUT2D eigenvalue weighted by molar-refractivity contribution is 7.80. The van der Waals surface area contributed by atoms with E-state index in [0.29, 0.717) is 30.7 Å². The summed E-state index contributed by atoms with van der Waals surface area (Å²) in [6, 6.07) is 0.344. The maximum atomic E-state index is 11.5. The van der Waals surface area contributed by atoms with E-state index < -0.39 is 0 Å². The maximum absolute atomic E-state index is 11.5. The Hall–Kier alpha value is -0.880. The third-order valence-corrected chi connectivity index (χ3v) is 3.13. The Morgan fingerprint density at radius 3 is 2.47 bits per heavy atom. The summed E-state index contributed by atoms with van der Waals surface area (Å²) in [6.07, 6.45) is 0.517. The van der Waals surface area contributed by atoms with Gasteiger partial charge in [-0.15, -0.1) is 0 Å². The van der Waals surface area contributed by atoms with Crippen LogP contribution in [-0.2, 0) is 4.74 Å². The molecule has 1 heterocycles. The Labute approximate surface area is 108 Å². The van der Waals surface area contributed by atoms with Crippen molar-refractivity contribution in [1.29, 1.82) is 0 Å². The predicted molar refractivity (Wildman–Crippen MR) is 71.0 cm³/mol. The van der Waals surface area contributed by atoms with Crippen LogP contribution in [0.5, 0.6) is 0 Å². The fraction of sp³-hybridized carbons (Fsp3) is 0.818. The van der Waals surface area contributed by atoms with Gasteiger partial charge in [-0.25, -0.2) is 4.79 Å². The minimum atomic E-state index is -0.214. The largest absolute Gasteiger partial charge is 0.450 e. The summed E-state index contributed by atoms with van der Waals surface area (Å²) < 4.78 is 4.97. The van der Waals surface area contributed by atoms with E-state index in [0.717, 1.165) is 19.5 Å². The third kappa shape index (κ3) is 4.47. The van der Waals surface area contributed by atoms with Crippen molar-refractivity contribution in [2.24, 2.45) is 5.73 Å². The van der Waals surface area contributed by atoms with E-state index in [-0.39, 0.29) is 6.09 Å². The topological polar surface area (TPSA) is 58.8 Å². The number of ether oxygens (including phenoxy) is 1. The van der Waals surface area contributed by atoms with Crippen molar-refractivity contribution in [3.63, 3.8) is 0 Å². The van der Waals surface area contributed by atoms with Crippen LogP contribution in [-0.4, -0.2) is 59.7 Å². The average molecular weight is 259 g/mol. The van der Waals surface area contributed by atoms with Crippen molar-refractivity contribution in [2.45, 2.75) is 26.3 Å². The van der Waals surface area contributed by atoms with Crippen LogP contribution in [0.15, 0.2) is 0 Å². The molecule has 0 aromatic heterocycles. The Morgan fingerprint density at radius 2 is 2.00 bits per heavy atom. The van der Waals surface area contributed by atoms with Gasteiger partial charge in [-0.2, -0.15) is 0 Å². The molecule has 1 aliphatic rings. The Kier molecular flexibility index (Phi) is 5.64. The number of thiocarbonyl (C=S) groups is 1. The van der Waals surface area contributed by atoms with Crippen LogP contribution in [0, 0.1) is 0 Å². The van der Waals surface area contributed by atoms with Crippen molar-refractivity contribution >= 4 is 23.3 Å². The maximum Gasteiger partial charge on any atom is 0.409 e. The van der Waals surface area contributed by atoms with E-state index in [1.807, 2.05) is 6.92 Å². The van der Waals surface area contributed by atoms with Crippen molar-refractivity contribution < 1.29 is 9.53 Å². The smallest absolute Gasteiger partial charge is 0.409 e. The molecule has 6 heteroatoms. The molecule has 17 heavy (non-hydrogen) atoms. The zero-order valence-electron chi connectivity index (χ0n) is 10.5. The number of carbonyl (C=O) groups is 1. The summed E-state index contributed by atoms with van der Waals surface area (Å²) >= 11 is 4.91. The van der Waals surface area contributed by atoms with Crippen LogP contribution in [0.2, 0.25) is 0 Å². The van der Waals surface area contributed by atoms with Crippen LogP contribution in [0.3, 0.4) is 0 Å². The first kappa shape index (κ1) is 14.2. The predicted octanol–water partition coefficient (Wildman–Crippen LogP) is 0.825. The van der Waals surface area contributed by atoms with E-state index in [1.54, 1.807) is 4.90 Å². The van der Waals surface area contributed by atoms with Crippen molar-refractivity contribution in [3.8, 4) is 0 Å². The zero-order valence-corrected chi connectivity index (χ0v) is 11.3. The minimum Gasteiger partial charge on any atom is -0.450 e. The molecule has 1 saturated heterocycles. The quantitative estimate of drug-likeness (QED) is 0.758. The molecule has 0 spiro atoms. The lowest BCUT2D eigenvalue weighted by Crippen LogP contribution is -2.51. The van der Waals surface area contributed by atoms with E-state index in [1.165, 1.54) is 0 Å². The molecule has 0 bridgehead atoms. The number of amides is 1. The second-order valence-corrected chi connectivity index (χ2v) is 4.77. The van der Waals surface area contributed by atoms with Gasteiger partial charge in [0.25, 0.3) is 0 Å². The minimum absolute atomic E-state index is 0.214. The van der Waals surface area contributed by atoms with E-state index >= 15 is 0 Å². The molecule has 0 aromatic rings. The Balaban J connectivity index is 2.34. The molecule has 98 valence electrons. The summed E-state index contributed by atoms with van der Waals surface area (Å²) in [5.41, 5.74) is 5.54. The normalized spacial score (nSPS) is 18.8. The molecule has 0 aromatic carbocycles. The Bertz CT molecular complexity index is 278. The fourth-order valence-electron chi connectivity index (χ4n) is 1.98. The SMILES string of the molecule is CCOC(=O)N1CCN(C(C)CC(N)=S)CC1. The standard InChI is InChI=1S/C11H21N3O2S/c1-3-16-11(15)14-6-4-13(5-7-14)9(2)8-10(12)17/h9H,3-8H2,1-2H3,(H2,12,17). The van der Waals surface area contributed by atoms with Crippen molar-refractivity contribution in [3.05, 3.63) is 0 Å². The van der Waals surface area contributed by atoms with Gasteiger partial charge in [0.1, 0.15) is 0 Å². The highest BCUT2D eigenvalue weighted by Gasteiger charge is 2.24. The summed E-state index contributed by atoms with van der Waals surface area (Å²) in [5, 5.41) is 0.